The number of anilines is 2. The Hall–Kier alpha value is -4.44. The first-order valence-corrected chi connectivity index (χ1v) is 11.3. The molecule has 0 bridgehead atoms. The zero-order valence-corrected chi connectivity index (χ0v) is 18.9. The first kappa shape index (κ1) is 21.1. The summed E-state index contributed by atoms with van der Waals surface area (Å²) in [6.07, 6.45) is 2.85. The first-order valence-electron chi connectivity index (χ1n) is 10.8. The van der Waals surface area contributed by atoms with Gasteiger partial charge in [-0.05, 0) is 23.1 Å². The second kappa shape index (κ2) is 8.10. The maximum atomic E-state index is 13.6. The number of aromatic hydroxyl groups is 1. The van der Waals surface area contributed by atoms with Crippen molar-refractivity contribution in [3.05, 3.63) is 71.8 Å². The second-order valence-corrected chi connectivity index (χ2v) is 8.60. The summed E-state index contributed by atoms with van der Waals surface area (Å²) >= 11 is 6.29. The zero-order valence-electron chi connectivity index (χ0n) is 18.1. The van der Waals surface area contributed by atoms with Gasteiger partial charge in [-0.25, -0.2) is 4.98 Å². The molecule has 174 valence electrons. The lowest BCUT2D eigenvalue weighted by Crippen LogP contribution is -2.30. The molecule has 5 aromatic rings. The standard InChI is InChI=1S/C24H18ClN7O3/c25-8-13-11-32(19-7-20(33)14-3-1-2-4-15(14)22(13)19)24(35)16-5-12-6-21(26-9-17(12)28-16)29-23(34)18-10-27-31-30-18/h1-7,9-10,13,28,33H,8,11H2,(H,26,29,34)(H,27,30,31)/t13-/m1/s1. The van der Waals surface area contributed by atoms with E-state index in [2.05, 4.69) is 30.7 Å². The summed E-state index contributed by atoms with van der Waals surface area (Å²) in [7, 11) is 0. The topological polar surface area (TPSA) is 140 Å². The number of nitrogens with zero attached hydrogens (tertiary/aromatic N) is 4. The fraction of sp³-hybridized carbons (Fsp3) is 0.125. The molecule has 3 aromatic heterocycles. The molecule has 10 nitrogen and oxygen atoms in total. The molecule has 2 amide bonds. The molecule has 11 heteroatoms. The number of hydrogen-bond donors (Lipinski definition) is 4. The Balaban J connectivity index is 1.34. The number of benzene rings is 2. The molecule has 1 atom stereocenters. The number of phenolic OH excluding ortho intramolecular Hbond substituents is 1. The van der Waals surface area contributed by atoms with Crippen LogP contribution < -0.4 is 10.2 Å². The van der Waals surface area contributed by atoms with E-state index in [-0.39, 0.29) is 23.3 Å². The number of aromatic nitrogens is 5. The highest BCUT2D eigenvalue weighted by Gasteiger charge is 2.35. The number of hydrogen-bond acceptors (Lipinski definition) is 6. The molecule has 4 N–H and O–H groups in total. The smallest absolute Gasteiger partial charge is 0.278 e. The number of aromatic amines is 2. The summed E-state index contributed by atoms with van der Waals surface area (Å²) in [6.45, 7) is 0.401. The minimum absolute atomic E-state index is 0.0643. The number of halogens is 1. The number of H-pyrrole nitrogens is 2. The third-order valence-electron chi connectivity index (χ3n) is 6.20. The van der Waals surface area contributed by atoms with Gasteiger partial charge in [-0.3, -0.25) is 9.59 Å². The molecule has 0 spiro atoms. The molecule has 1 aliphatic rings. The Bertz CT molecular complexity index is 1610. The van der Waals surface area contributed by atoms with Crippen LogP contribution in [0.2, 0.25) is 0 Å². The summed E-state index contributed by atoms with van der Waals surface area (Å²) in [5.41, 5.74) is 2.73. The van der Waals surface area contributed by atoms with Crippen LogP contribution in [0.1, 0.15) is 32.5 Å². The summed E-state index contributed by atoms with van der Waals surface area (Å²) in [6, 6.07) is 12.6. The van der Waals surface area contributed by atoms with Gasteiger partial charge in [0.15, 0.2) is 5.69 Å². The van der Waals surface area contributed by atoms with E-state index in [1.807, 2.05) is 24.3 Å². The fourth-order valence-electron chi connectivity index (χ4n) is 4.60. The molecule has 35 heavy (non-hydrogen) atoms. The molecule has 6 rings (SSSR count). The van der Waals surface area contributed by atoms with Crippen LogP contribution in [0.5, 0.6) is 5.75 Å². The normalized spacial score (nSPS) is 15.0. The van der Waals surface area contributed by atoms with Gasteiger partial charge in [0, 0.05) is 35.2 Å². The van der Waals surface area contributed by atoms with Crippen LogP contribution >= 0.6 is 11.6 Å². The number of alkyl halides is 1. The van der Waals surface area contributed by atoms with Gasteiger partial charge in [0.25, 0.3) is 11.8 Å². The van der Waals surface area contributed by atoms with E-state index in [0.717, 1.165) is 16.3 Å². The molecule has 0 saturated carbocycles. The molecular formula is C24H18ClN7O3. The van der Waals surface area contributed by atoms with Crippen molar-refractivity contribution in [2.75, 3.05) is 22.6 Å². The maximum absolute atomic E-state index is 13.6. The second-order valence-electron chi connectivity index (χ2n) is 8.29. The number of rotatable bonds is 4. The van der Waals surface area contributed by atoms with Crippen LogP contribution in [0, 0.1) is 0 Å². The molecule has 0 radical (unpaired) electrons. The van der Waals surface area contributed by atoms with E-state index >= 15 is 0 Å². The number of fused-ring (bicyclic) bond motifs is 4. The van der Waals surface area contributed by atoms with Gasteiger partial charge in [0.2, 0.25) is 0 Å². The molecule has 4 heterocycles. The summed E-state index contributed by atoms with van der Waals surface area (Å²) in [5, 5.41) is 25.3. The van der Waals surface area contributed by atoms with Gasteiger partial charge >= 0.3 is 0 Å². The summed E-state index contributed by atoms with van der Waals surface area (Å²) < 4.78 is 0. The quantitative estimate of drug-likeness (QED) is 0.284. The van der Waals surface area contributed by atoms with Crippen molar-refractivity contribution < 1.29 is 14.7 Å². The molecule has 0 unspecified atom stereocenters. The lowest BCUT2D eigenvalue weighted by atomic mass is 9.95. The predicted molar refractivity (Wildman–Crippen MR) is 131 cm³/mol. The van der Waals surface area contributed by atoms with E-state index in [0.29, 0.717) is 40.5 Å². The first-order chi connectivity index (χ1) is 17.0. The number of carbonyl (C=O) groups is 2. The largest absolute Gasteiger partial charge is 0.507 e. The third-order valence-corrected chi connectivity index (χ3v) is 6.57. The Kier molecular flexibility index (Phi) is 4.89. The van der Waals surface area contributed by atoms with Gasteiger partial charge < -0.3 is 20.3 Å². The number of phenols is 1. The van der Waals surface area contributed by atoms with E-state index in [9.17, 15) is 14.7 Å². The van der Waals surface area contributed by atoms with Crippen LogP contribution in [-0.2, 0) is 0 Å². The highest BCUT2D eigenvalue weighted by Crippen LogP contribution is 2.45. The average Bonchev–Trinajstić information content (AvgIpc) is 3.62. The van der Waals surface area contributed by atoms with Crippen LogP contribution in [0.25, 0.3) is 21.7 Å². The van der Waals surface area contributed by atoms with Gasteiger partial charge in [0.1, 0.15) is 17.3 Å². The Morgan fingerprint density at radius 2 is 2.00 bits per heavy atom. The minimum atomic E-state index is -0.453. The molecule has 0 fully saturated rings. The van der Waals surface area contributed by atoms with Gasteiger partial charge in [0.05, 0.1) is 23.6 Å². The number of pyridine rings is 1. The summed E-state index contributed by atoms with van der Waals surface area (Å²) in [5.74, 6) is -0.000423. The molecular weight excluding hydrogens is 470 g/mol. The van der Waals surface area contributed by atoms with E-state index < -0.39 is 5.91 Å². The van der Waals surface area contributed by atoms with Crippen molar-refractivity contribution in [2.24, 2.45) is 0 Å². The van der Waals surface area contributed by atoms with Gasteiger partial charge in [-0.2, -0.15) is 15.4 Å². The van der Waals surface area contributed by atoms with Crippen molar-refractivity contribution in [1.82, 2.24) is 25.4 Å². The van der Waals surface area contributed by atoms with Gasteiger partial charge in [-0.1, -0.05) is 24.3 Å². The molecule has 0 aliphatic carbocycles. The number of amides is 2. The Morgan fingerprint density at radius 3 is 2.77 bits per heavy atom. The minimum Gasteiger partial charge on any atom is -0.507 e. The van der Waals surface area contributed by atoms with Crippen molar-refractivity contribution >= 4 is 56.6 Å². The van der Waals surface area contributed by atoms with Crippen LogP contribution in [-0.4, -0.2) is 54.7 Å². The predicted octanol–water partition coefficient (Wildman–Crippen LogP) is 3.77. The van der Waals surface area contributed by atoms with E-state index in [1.165, 1.54) is 6.20 Å². The molecule has 2 aromatic carbocycles. The number of nitrogens with one attached hydrogen (secondary N) is 3. The van der Waals surface area contributed by atoms with Gasteiger partial charge in [-0.15, -0.1) is 11.6 Å². The Morgan fingerprint density at radius 1 is 1.17 bits per heavy atom. The van der Waals surface area contributed by atoms with Crippen LogP contribution in [0.15, 0.2) is 54.9 Å². The van der Waals surface area contributed by atoms with Crippen LogP contribution in [0.4, 0.5) is 11.5 Å². The van der Waals surface area contributed by atoms with Crippen molar-refractivity contribution in [1.29, 1.82) is 0 Å². The average molecular weight is 488 g/mol. The molecule has 1 aliphatic heterocycles. The lowest BCUT2D eigenvalue weighted by molar-refractivity contribution is 0.0982. The van der Waals surface area contributed by atoms with Crippen molar-refractivity contribution in [3.63, 3.8) is 0 Å². The Labute approximate surface area is 202 Å². The van der Waals surface area contributed by atoms with E-state index in [4.69, 9.17) is 11.6 Å². The molecule has 0 saturated heterocycles. The van der Waals surface area contributed by atoms with Crippen LogP contribution in [0.3, 0.4) is 0 Å². The fourth-order valence-corrected chi connectivity index (χ4v) is 4.85. The highest BCUT2D eigenvalue weighted by molar-refractivity contribution is 6.19. The lowest BCUT2D eigenvalue weighted by Gasteiger charge is -2.17. The zero-order chi connectivity index (χ0) is 24.1. The highest BCUT2D eigenvalue weighted by atomic mass is 35.5. The SMILES string of the molecule is O=C(Nc1cc2cc(C(=O)N3C[C@@H](CCl)c4c3cc(O)c3ccccc43)[nH]c2cn1)c1cn[nH]n1. The van der Waals surface area contributed by atoms with Crippen molar-refractivity contribution in [2.45, 2.75) is 5.92 Å². The maximum Gasteiger partial charge on any atom is 0.278 e. The monoisotopic (exact) mass is 487 g/mol. The third kappa shape index (κ3) is 3.46. The summed E-state index contributed by atoms with van der Waals surface area (Å²) in [4.78, 5) is 34.8. The number of carbonyl (C=O) groups excluding carboxylic acids is 2. The van der Waals surface area contributed by atoms with Crippen molar-refractivity contribution in [3.8, 4) is 5.75 Å². The van der Waals surface area contributed by atoms with E-state index in [1.54, 1.807) is 29.3 Å².